The average molecular weight is 223 g/mol. The molecule has 0 saturated heterocycles. The van der Waals surface area contributed by atoms with Crippen LogP contribution in [-0.4, -0.2) is 25.8 Å². The Labute approximate surface area is 84.3 Å². The van der Waals surface area contributed by atoms with Crippen molar-refractivity contribution in [1.29, 1.82) is 0 Å². The van der Waals surface area contributed by atoms with Gasteiger partial charge in [0.25, 0.3) is 0 Å². The van der Waals surface area contributed by atoms with E-state index in [0.717, 1.165) is 6.16 Å². The van der Waals surface area contributed by atoms with Gasteiger partial charge in [0.1, 0.15) is 0 Å². The van der Waals surface area contributed by atoms with Crippen LogP contribution in [0.4, 0.5) is 0 Å². The van der Waals surface area contributed by atoms with E-state index in [1.54, 1.807) is 20.8 Å². The minimum absolute atomic E-state index is 0.215. The fraction of sp³-hybridized carbons (Fsp3) is 0.750. The number of hydrogen-bond acceptors (Lipinski definition) is 5. The highest BCUT2D eigenvalue weighted by atomic mass is 31.2. The van der Waals surface area contributed by atoms with Gasteiger partial charge in [-0.2, -0.15) is 0 Å². The fourth-order valence-corrected chi connectivity index (χ4v) is 2.06. The first-order chi connectivity index (χ1) is 6.58. The van der Waals surface area contributed by atoms with Gasteiger partial charge < -0.3 is 13.8 Å². The lowest BCUT2D eigenvalue weighted by Crippen LogP contribution is -2.08. The van der Waals surface area contributed by atoms with E-state index in [0.29, 0.717) is 0 Å². The van der Waals surface area contributed by atoms with Crippen molar-refractivity contribution in [2.75, 3.05) is 19.8 Å². The molecule has 0 spiro atoms. The van der Waals surface area contributed by atoms with Crippen molar-refractivity contribution in [3.8, 4) is 0 Å². The summed E-state index contributed by atoms with van der Waals surface area (Å²) in [5.74, 6) is -0.683. The zero-order valence-corrected chi connectivity index (χ0v) is 9.58. The normalized spacial score (nSPS) is 11.4. The summed E-state index contributed by atoms with van der Waals surface area (Å²) in [4.78, 5) is 11.0. The van der Waals surface area contributed by atoms with Crippen molar-refractivity contribution >= 4 is 13.6 Å². The van der Waals surface area contributed by atoms with Gasteiger partial charge >= 0.3 is 13.6 Å². The predicted octanol–water partition coefficient (Wildman–Crippen LogP) is 1.98. The molecule has 0 aliphatic carbocycles. The number of carbonyl (C=O) groups excluding carboxylic acids is 1. The maximum atomic E-state index is 11.7. The van der Waals surface area contributed by atoms with Crippen molar-refractivity contribution in [1.82, 2.24) is 0 Å². The summed E-state index contributed by atoms with van der Waals surface area (Å²) in [5, 5.41) is 0. The second kappa shape index (κ2) is 6.98. The predicted molar refractivity (Wildman–Crippen MR) is 51.8 cm³/mol. The molecule has 0 bridgehead atoms. The van der Waals surface area contributed by atoms with Crippen molar-refractivity contribution in [2.45, 2.75) is 20.8 Å². The van der Waals surface area contributed by atoms with Gasteiger partial charge in [-0.15, -0.1) is 0 Å². The highest BCUT2D eigenvalue weighted by Gasteiger charge is 2.29. The molecule has 0 unspecified atom stereocenters. The molecule has 0 atom stereocenters. The first-order valence-electron chi connectivity index (χ1n) is 4.49. The third-order valence-electron chi connectivity index (χ3n) is 1.17. The summed E-state index contributed by atoms with van der Waals surface area (Å²) in [5.41, 5.74) is 0. The zero-order chi connectivity index (χ0) is 11.0. The zero-order valence-electron chi connectivity index (χ0n) is 8.69. The summed E-state index contributed by atoms with van der Waals surface area (Å²) in [6, 6.07) is 0. The Kier molecular flexibility index (Phi) is 6.79. The molecule has 0 aliphatic rings. The molecule has 0 aliphatic heterocycles. The van der Waals surface area contributed by atoms with Crippen LogP contribution >= 0.6 is 7.60 Å². The summed E-state index contributed by atoms with van der Waals surface area (Å²) in [6.07, 6.45) is 0.865. The van der Waals surface area contributed by atoms with Crippen LogP contribution in [0.15, 0.2) is 0 Å². The van der Waals surface area contributed by atoms with E-state index in [9.17, 15) is 9.36 Å². The van der Waals surface area contributed by atoms with Gasteiger partial charge in [0.05, 0.1) is 19.8 Å². The lowest BCUT2D eigenvalue weighted by molar-refractivity contribution is -0.138. The summed E-state index contributed by atoms with van der Waals surface area (Å²) < 4.78 is 26.0. The summed E-state index contributed by atoms with van der Waals surface area (Å²) >= 11 is 0. The first-order valence-corrected chi connectivity index (χ1v) is 6.10. The van der Waals surface area contributed by atoms with Crippen LogP contribution in [0.2, 0.25) is 0 Å². The maximum Gasteiger partial charge on any atom is 0.346 e. The Morgan fingerprint density at radius 1 is 1.14 bits per heavy atom. The molecule has 0 aromatic heterocycles. The van der Waals surface area contributed by atoms with Gasteiger partial charge in [-0.05, 0) is 20.8 Å². The number of ether oxygens (including phenoxy) is 1. The Bertz CT molecular complexity index is 206. The van der Waals surface area contributed by atoms with Crippen LogP contribution in [0.3, 0.4) is 0 Å². The van der Waals surface area contributed by atoms with E-state index in [-0.39, 0.29) is 19.8 Å². The third-order valence-corrected chi connectivity index (χ3v) is 2.93. The average Bonchev–Trinajstić information content (AvgIpc) is 2.04. The molecule has 0 heterocycles. The first kappa shape index (κ1) is 13.6. The Balaban J connectivity index is 4.21. The largest absolute Gasteiger partial charge is 0.465 e. The van der Waals surface area contributed by atoms with Gasteiger partial charge in [-0.3, -0.25) is 9.36 Å². The Morgan fingerprint density at radius 2 is 1.64 bits per heavy atom. The van der Waals surface area contributed by atoms with Gasteiger partial charge in [0.15, 0.2) is 6.16 Å². The molecule has 5 nitrogen and oxygen atoms in total. The second-order valence-electron chi connectivity index (χ2n) is 2.26. The molecule has 0 saturated carbocycles. The molecule has 0 aromatic carbocycles. The monoisotopic (exact) mass is 223 g/mol. The standard InChI is InChI=1S/C8H16O5P/c1-4-11-8(9)7-14(10,12-5-2)13-6-3/h7H,4-6H2,1-3H3. The van der Waals surface area contributed by atoms with E-state index in [4.69, 9.17) is 9.05 Å². The van der Waals surface area contributed by atoms with Gasteiger partial charge in [-0.25, -0.2) is 0 Å². The number of esters is 1. The lowest BCUT2D eigenvalue weighted by Gasteiger charge is -2.15. The summed E-state index contributed by atoms with van der Waals surface area (Å²) in [7, 11) is -3.40. The number of hydrogen-bond donors (Lipinski definition) is 0. The molecule has 14 heavy (non-hydrogen) atoms. The molecule has 6 heteroatoms. The third kappa shape index (κ3) is 5.37. The number of carbonyl (C=O) groups is 1. The van der Waals surface area contributed by atoms with E-state index in [2.05, 4.69) is 4.74 Å². The molecule has 0 rings (SSSR count). The lowest BCUT2D eigenvalue weighted by atomic mass is 10.8. The van der Waals surface area contributed by atoms with Gasteiger partial charge in [-0.1, -0.05) is 0 Å². The van der Waals surface area contributed by atoms with Crippen molar-refractivity contribution in [2.24, 2.45) is 0 Å². The minimum Gasteiger partial charge on any atom is -0.465 e. The smallest absolute Gasteiger partial charge is 0.346 e. The van der Waals surface area contributed by atoms with Crippen LogP contribution in [0.1, 0.15) is 20.8 Å². The highest BCUT2D eigenvalue weighted by Crippen LogP contribution is 2.51. The van der Waals surface area contributed by atoms with E-state index >= 15 is 0 Å². The Morgan fingerprint density at radius 3 is 2.00 bits per heavy atom. The topological polar surface area (TPSA) is 61.8 Å². The van der Waals surface area contributed by atoms with Crippen LogP contribution in [0.5, 0.6) is 0 Å². The van der Waals surface area contributed by atoms with E-state index in [1.807, 2.05) is 0 Å². The van der Waals surface area contributed by atoms with Gasteiger partial charge in [0, 0.05) is 0 Å². The highest BCUT2D eigenvalue weighted by molar-refractivity contribution is 7.57. The molecule has 0 aromatic rings. The Hall–Kier alpha value is -0.380. The van der Waals surface area contributed by atoms with Gasteiger partial charge in [0.2, 0.25) is 0 Å². The van der Waals surface area contributed by atoms with Crippen molar-refractivity contribution < 1.29 is 23.1 Å². The summed E-state index contributed by atoms with van der Waals surface area (Å²) in [6.45, 7) is 5.67. The molecule has 1 radical (unpaired) electrons. The van der Waals surface area contributed by atoms with Crippen LogP contribution in [0, 0.1) is 6.16 Å². The minimum atomic E-state index is -3.40. The van der Waals surface area contributed by atoms with Crippen LogP contribution in [0.25, 0.3) is 0 Å². The molecule has 0 N–H and O–H groups in total. The second-order valence-corrected chi connectivity index (χ2v) is 4.11. The number of rotatable bonds is 7. The van der Waals surface area contributed by atoms with Crippen LogP contribution < -0.4 is 0 Å². The van der Waals surface area contributed by atoms with Crippen LogP contribution in [-0.2, 0) is 23.1 Å². The fourth-order valence-electron chi connectivity index (χ4n) is 0.780. The van der Waals surface area contributed by atoms with E-state index in [1.165, 1.54) is 0 Å². The van der Waals surface area contributed by atoms with E-state index < -0.39 is 13.6 Å². The van der Waals surface area contributed by atoms with Crippen molar-refractivity contribution in [3.63, 3.8) is 0 Å². The SMILES string of the molecule is CCOC(=O)[CH]P(=O)(OCC)OCC. The molecule has 0 fully saturated rings. The quantitative estimate of drug-likeness (QED) is 0.487. The molecular formula is C8H16O5P. The maximum absolute atomic E-state index is 11.7. The molecular weight excluding hydrogens is 207 g/mol. The van der Waals surface area contributed by atoms with Crippen molar-refractivity contribution in [3.05, 3.63) is 6.16 Å². The molecule has 83 valence electrons. The molecule has 0 amide bonds.